The third-order valence-electron chi connectivity index (χ3n) is 12.9. The SMILES string of the molecule is C1=CCC(c2nc(-c3ccccc3)nc(-c3ccccc3)c2-c2ccc(-c3ccc4nc(-c5ccccc5)c5c(c4c3)=CC3C(C=5)c4ccccc4N3c3ccccc3)cc2)C=C1. The highest BCUT2D eigenvalue weighted by Gasteiger charge is 2.38. The molecule has 2 aromatic heterocycles. The van der Waals surface area contributed by atoms with Gasteiger partial charge in [0.15, 0.2) is 5.82 Å². The van der Waals surface area contributed by atoms with Gasteiger partial charge in [0.25, 0.3) is 0 Å². The number of fused-ring (bicyclic) bond motifs is 6. The van der Waals surface area contributed by atoms with Crippen molar-refractivity contribution in [2.75, 3.05) is 4.90 Å². The number of anilines is 2. The molecule has 0 fully saturated rings. The molecule has 9 aromatic rings. The summed E-state index contributed by atoms with van der Waals surface area (Å²) in [6.45, 7) is 0. The Morgan fingerprint density at radius 2 is 1.11 bits per heavy atom. The van der Waals surface area contributed by atoms with Crippen molar-refractivity contribution in [3.8, 4) is 56.2 Å². The second-order valence-electron chi connectivity index (χ2n) is 16.6. The molecule has 0 saturated heterocycles. The second-order valence-corrected chi connectivity index (χ2v) is 16.6. The summed E-state index contributed by atoms with van der Waals surface area (Å²) in [5.41, 5.74) is 15.4. The molecule has 63 heavy (non-hydrogen) atoms. The zero-order chi connectivity index (χ0) is 41.7. The van der Waals surface area contributed by atoms with Crippen LogP contribution < -0.4 is 15.3 Å². The molecule has 3 unspecified atom stereocenters. The molecule has 298 valence electrons. The zero-order valence-electron chi connectivity index (χ0n) is 34.6. The van der Waals surface area contributed by atoms with E-state index >= 15 is 0 Å². The standard InChI is InChI=1S/C59H42N4/c1-6-18-41(19-7-1)56-51-37-50-47-28-16-17-29-53(47)63(46-26-14-5-15-27-46)54(50)38-48(51)49-36-45(34-35-52(49)60-56)39-30-32-40(33-31-39)55-57(42-20-8-2-9-21-42)61-59(44-24-12-4-13-25-44)62-58(55)43-22-10-3-11-23-43/h1-22,24-38,43,50,54H,23H2. The molecule has 0 saturated carbocycles. The first-order valence-corrected chi connectivity index (χ1v) is 21.9. The van der Waals surface area contributed by atoms with E-state index in [4.69, 9.17) is 15.0 Å². The van der Waals surface area contributed by atoms with E-state index in [1.807, 2.05) is 6.07 Å². The van der Waals surface area contributed by atoms with Crippen molar-refractivity contribution in [1.29, 1.82) is 0 Å². The van der Waals surface area contributed by atoms with Crippen LogP contribution in [-0.2, 0) is 0 Å². The van der Waals surface area contributed by atoms with Crippen molar-refractivity contribution in [1.82, 2.24) is 15.0 Å². The van der Waals surface area contributed by atoms with Crippen LogP contribution in [0.2, 0.25) is 0 Å². The van der Waals surface area contributed by atoms with Crippen LogP contribution in [0.4, 0.5) is 11.4 Å². The van der Waals surface area contributed by atoms with Crippen molar-refractivity contribution in [3.63, 3.8) is 0 Å². The Morgan fingerprint density at radius 1 is 0.476 bits per heavy atom. The van der Waals surface area contributed by atoms with Gasteiger partial charge in [-0.2, -0.15) is 0 Å². The lowest BCUT2D eigenvalue weighted by Crippen LogP contribution is -2.40. The molecule has 3 heterocycles. The van der Waals surface area contributed by atoms with E-state index in [2.05, 4.69) is 223 Å². The summed E-state index contributed by atoms with van der Waals surface area (Å²) < 4.78 is 0. The first-order valence-electron chi connectivity index (χ1n) is 21.9. The normalized spacial score (nSPS) is 17.1. The molecule has 7 aromatic carbocycles. The number of allylic oxidation sites excluding steroid dienone is 4. The van der Waals surface area contributed by atoms with Crippen molar-refractivity contribution in [2.45, 2.75) is 24.3 Å². The first-order chi connectivity index (χ1) is 31.2. The van der Waals surface area contributed by atoms with Crippen LogP contribution >= 0.6 is 0 Å². The van der Waals surface area contributed by atoms with Crippen LogP contribution in [0.25, 0.3) is 79.2 Å². The van der Waals surface area contributed by atoms with Crippen molar-refractivity contribution >= 4 is 34.4 Å². The van der Waals surface area contributed by atoms with E-state index in [0.717, 1.165) is 79.2 Å². The van der Waals surface area contributed by atoms with Gasteiger partial charge in [0, 0.05) is 56.1 Å². The average Bonchev–Trinajstić information content (AvgIpc) is 3.69. The number of hydrogen-bond donors (Lipinski definition) is 0. The highest BCUT2D eigenvalue weighted by Crippen LogP contribution is 2.47. The monoisotopic (exact) mass is 806 g/mol. The van der Waals surface area contributed by atoms with Gasteiger partial charge < -0.3 is 4.90 Å². The van der Waals surface area contributed by atoms with Gasteiger partial charge in [0.05, 0.1) is 28.6 Å². The van der Waals surface area contributed by atoms with Crippen LogP contribution in [0.5, 0.6) is 0 Å². The Hall–Kier alpha value is -7.95. The summed E-state index contributed by atoms with van der Waals surface area (Å²) in [6, 6.07) is 67.1. The Bertz CT molecular complexity index is 3360. The van der Waals surface area contributed by atoms with E-state index in [0.29, 0.717) is 0 Å². The first kappa shape index (κ1) is 36.9. The number of benzene rings is 7. The Balaban J connectivity index is 1.02. The molecule has 2 aliphatic carbocycles. The maximum Gasteiger partial charge on any atom is 0.160 e. The summed E-state index contributed by atoms with van der Waals surface area (Å²) >= 11 is 0. The fourth-order valence-electron chi connectivity index (χ4n) is 9.92. The number of nitrogens with zero attached hydrogens (tertiary/aromatic N) is 4. The highest BCUT2D eigenvalue weighted by atomic mass is 15.2. The van der Waals surface area contributed by atoms with Crippen molar-refractivity contribution < 1.29 is 0 Å². The van der Waals surface area contributed by atoms with Gasteiger partial charge in [-0.15, -0.1) is 0 Å². The van der Waals surface area contributed by atoms with Crippen LogP contribution in [0, 0.1) is 0 Å². The third-order valence-corrected chi connectivity index (χ3v) is 12.9. The van der Waals surface area contributed by atoms with Crippen molar-refractivity contribution in [2.24, 2.45) is 0 Å². The lowest BCUT2D eigenvalue weighted by molar-refractivity contribution is 0.802. The lowest BCUT2D eigenvalue weighted by Gasteiger charge is -2.29. The maximum atomic E-state index is 5.43. The Morgan fingerprint density at radius 3 is 1.83 bits per heavy atom. The summed E-state index contributed by atoms with van der Waals surface area (Å²) in [5, 5.41) is 3.58. The predicted octanol–water partition coefficient (Wildman–Crippen LogP) is 12.8. The molecule has 0 spiro atoms. The summed E-state index contributed by atoms with van der Waals surface area (Å²) in [4.78, 5) is 18.6. The number of para-hydroxylation sites is 2. The van der Waals surface area contributed by atoms with Gasteiger partial charge in [-0.3, -0.25) is 0 Å². The molecule has 12 rings (SSSR count). The predicted molar refractivity (Wildman–Crippen MR) is 260 cm³/mol. The van der Waals surface area contributed by atoms with Gasteiger partial charge in [-0.25, -0.2) is 15.0 Å². The topological polar surface area (TPSA) is 41.9 Å². The minimum atomic E-state index is 0.118. The fourth-order valence-corrected chi connectivity index (χ4v) is 9.92. The van der Waals surface area contributed by atoms with Gasteiger partial charge in [0.1, 0.15) is 0 Å². The number of hydrogen-bond acceptors (Lipinski definition) is 4. The number of aromatic nitrogens is 3. The highest BCUT2D eigenvalue weighted by molar-refractivity contribution is 5.92. The van der Waals surface area contributed by atoms with Crippen LogP contribution in [-0.4, -0.2) is 21.0 Å². The summed E-state index contributed by atoms with van der Waals surface area (Å²) in [5.74, 6) is 1.04. The number of pyridine rings is 1. The minimum Gasteiger partial charge on any atom is -0.333 e. The molecule has 4 nitrogen and oxygen atoms in total. The molecule has 4 heteroatoms. The van der Waals surface area contributed by atoms with Gasteiger partial charge in [-0.05, 0) is 64.2 Å². The Labute approximate surface area is 367 Å². The van der Waals surface area contributed by atoms with Gasteiger partial charge in [0.2, 0.25) is 0 Å². The molecule has 3 atom stereocenters. The molecular weight excluding hydrogens is 765 g/mol. The second kappa shape index (κ2) is 15.5. The molecule has 3 aliphatic rings. The van der Waals surface area contributed by atoms with E-state index in [1.165, 1.54) is 27.4 Å². The van der Waals surface area contributed by atoms with E-state index in [-0.39, 0.29) is 17.9 Å². The number of rotatable bonds is 7. The Kier molecular flexibility index (Phi) is 9.07. The molecule has 0 N–H and O–H groups in total. The van der Waals surface area contributed by atoms with Crippen LogP contribution in [0.1, 0.15) is 29.5 Å². The van der Waals surface area contributed by atoms with Crippen LogP contribution in [0.15, 0.2) is 212 Å². The van der Waals surface area contributed by atoms with Gasteiger partial charge >= 0.3 is 0 Å². The summed E-state index contributed by atoms with van der Waals surface area (Å²) in [7, 11) is 0. The smallest absolute Gasteiger partial charge is 0.160 e. The minimum absolute atomic E-state index is 0.118. The average molecular weight is 807 g/mol. The maximum absolute atomic E-state index is 5.43. The molecule has 1 aliphatic heterocycles. The lowest BCUT2D eigenvalue weighted by atomic mass is 9.86. The van der Waals surface area contributed by atoms with Crippen LogP contribution in [0.3, 0.4) is 0 Å². The third kappa shape index (κ3) is 6.50. The van der Waals surface area contributed by atoms with Gasteiger partial charge in [-0.1, -0.05) is 194 Å². The largest absolute Gasteiger partial charge is 0.333 e. The molecule has 0 amide bonds. The van der Waals surface area contributed by atoms with E-state index < -0.39 is 0 Å². The van der Waals surface area contributed by atoms with E-state index in [1.54, 1.807) is 0 Å². The molecular formula is C59H42N4. The molecule has 0 radical (unpaired) electrons. The van der Waals surface area contributed by atoms with E-state index in [9.17, 15) is 0 Å². The zero-order valence-corrected chi connectivity index (χ0v) is 34.6. The summed E-state index contributed by atoms with van der Waals surface area (Å²) in [6.07, 6.45) is 14.7. The quantitative estimate of drug-likeness (QED) is 0.161. The van der Waals surface area contributed by atoms with Crippen molar-refractivity contribution in [3.05, 3.63) is 234 Å². The fraction of sp³-hybridized carbons (Fsp3) is 0.0678. The molecule has 0 bridgehead atoms.